The molecule has 2 unspecified atom stereocenters. The van der Waals surface area contributed by atoms with Crippen LogP contribution in [0.4, 0.5) is 0 Å². The van der Waals surface area contributed by atoms with Crippen molar-refractivity contribution in [1.29, 1.82) is 0 Å². The van der Waals surface area contributed by atoms with E-state index in [4.69, 9.17) is 4.74 Å². The topological polar surface area (TPSA) is 83.8 Å². The van der Waals surface area contributed by atoms with Crippen LogP contribution < -0.4 is 0 Å². The number of benzene rings is 1. The van der Waals surface area contributed by atoms with Crippen LogP contribution >= 0.6 is 0 Å². The van der Waals surface area contributed by atoms with Crippen LogP contribution in [0, 0.1) is 5.92 Å². The van der Waals surface area contributed by atoms with Gasteiger partial charge in [-0.3, -0.25) is 9.59 Å². The highest BCUT2D eigenvalue weighted by atomic mass is 16.5. The monoisotopic (exact) mass is 410 g/mol. The molecular formula is C25H30O5. The number of allylic oxidation sites excluding steroid dienone is 3. The number of hydrogen-bond acceptors (Lipinski definition) is 5. The minimum Gasteiger partial charge on any atom is -0.507 e. The van der Waals surface area contributed by atoms with Gasteiger partial charge in [-0.05, 0) is 18.9 Å². The molecule has 2 N–H and O–H groups in total. The van der Waals surface area contributed by atoms with Crippen molar-refractivity contribution in [3.8, 4) is 11.5 Å². The summed E-state index contributed by atoms with van der Waals surface area (Å²) in [5.74, 6) is -1.14. The Morgan fingerprint density at radius 3 is 2.50 bits per heavy atom. The first kappa shape index (κ1) is 20.7. The third-order valence-corrected chi connectivity index (χ3v) is 6.87. The van der Waals surface area contributed by atoms with Crippen LogP contribution in [0.15, 0.2) is 24.3 Å². The van der Waals surface area contributed by atoms with E-state index in [2.05, 4.69) is 0 Å². The molecule has 4 rings (SSSR count). The van der Waals surface area contributed by atoms with Crippen molar-refractivity contribution < 1.29 is 24.5 Å². The molecule has 0 spiro atoms. The van der Waals surface area contributed by atoms with Crippen LogP contribution in [-0.4, -0.2) is 28.6 Å². The molecule has 5 nitrogen and oxygen atoms in total. The van der Waals surface area contributed by atoms with Gasteiger partial charge >= 0.3 is 5.97 Å². The number of rotatable bonds is 3. The van der Waals surface area contributed by atoms with E-state index in [0.29, 0.717) is 16.7 Å². The summed E-state index contributed by atoms with van der Waals surface area (Å²) in [5, 5.41) is 22.4. The first-order valence-corrected chi connectivity index (χ1v) is 10.9. The van der Waals surface area contributed by atoms with Crippen molar-refractivity contribution in [3.63, 3.8) is 0 Å². The first-order valence-electron chi connectivity index (χ1n) is 10.9. The van der Waals surface area contributed by atoms with Crippen molar-refractivity contribution in [1.82, 2.24) is 0 Å². The Morgan fingerprint density at radius 2 is 1.80 bits per heavy atom. The number of carbonyl (C=O) groups is 2. The van der Waals surface area contributed by atoms with Crippen LogP contribution in [0.3, 0.4) is 0 Å². The lowest BCUT2D eigenvalue weighted by Crippen LogP contribution is -2.27. The van der Waals surface area contributed by atoms with Gasteiger partial charge < -0.3 is 14.9 Å². The lowest BCUT2D eigenvalue weighted by atomic mass is 9.70. The van der Waals surface area contributed by atoms with Gasteiger partial charge in [-0.15, -0.1) is 0 Å². The summed E-state index contributed by atoms with van der Waals surface area (Å²) >= 11 is 0. The van der Waals surface area contributed by atoms with Gasteiger partial charge in [0.1, 0.15) is 18.1 Å². The molecule has 5 heteroatoms. The Balaban J connectivity index is 1.71. The summed E-state index contributed by atoms with van der Waals surface area (Å²) in [7, 11) is 0. The van der Waals surface area contributed by atoms with Crippen molar-refractivity contribution in [2.24, 2.45) is 5.92 Å². The number of phenolic OH excluding ortho intramolecular Hbond substituents is 2. The van der Waals surface area contributed by atoms with E-state index in [1.54, 1.807) is 6.08 Å². The number of phenols is 2. The van der Waals surface area contributed by atoms with Gasteiger partial charge in [0.05, 0.1) is 11.5 Å². The lowest BCUT2D eigenvalue weighted by molar-refractivity contribution is -0.149. The SMILES string of the molecule is CC1C=CC(COC(=O)C2CCCCC2)c2c(O)c3c(c(O)c21)C(C)(C)C=CC3=O. The van der Waals surface area contributed by atoms with Gasteiger partial charge in [0.15, 0.2) is 5.78 Å². The van der Waals surface area contributed by atoms with E-state index < -0.39 is 11.3 Å². The number of fused-ring (bicyclic) bond motifs is 2. The number of ether oxygens (including phenoxy) is 1. The summed E-state index contributed by atoms with van der Waals surface area (Å²) in [6, 6.07) is 0. The van der Waals surface area contributed by atoms with Gasteiger partial charge in [0.25, 0.3) is 0 Å². The van der Waals surface area contributed by atoms with E-state index in [-0.39, 0.29) is 47.3 Å². The molecule has 0 heterocycles. The van der Waals surface area contributed by atoms with Crippen molar-refractivity contribution in [2.75, 3.05) is 6.61 Å². The van der Waals surface area contributed by atoms with E-state index in [0.717, 1.165) is 32.1 Å². The second-order valence-electron chi connectivity index (χ2n) is 9.44. The predicted molar refractivity (Wildman–Crippen MR) is 114 cm³/mol. The smallest absolute Gasteiger partial charge is 0.308 e. The van der Waals surface area contributed by atoms with Crippen LogP contribution in [0.1, 0.15) is 91.8 Å². The largest absolute Gasteiger partial charge is 0.507 e. The van der Waals surface area contributed by atoms with Gasteiger partial charge in [-0.1, -0.05) is 58.3 Å². The van der Waals surface area contributed by atoms with Gasteiger partial charge in [-0.25, -0.2) is 0 Å². The number of carbonyl (C=O) groups excluding carboxylic acids is 2. The third kappa shape index (κ3) is 3.34. The molecule has 3 aliphatic rings. The van der Waals surface area contributed by atoms with Gasteiger partial charge in [0.2, 0.25) is 0 Å². The quantitative estimate of drug-likeness (QED) is 0.416. The lowest BCUT2D eigenvalue weighted by Gasteiger charge is -2.34. The third-order valence-electron chi connectivity index (χ3n) is 6.87. The molecule has 1 aromatic carbocycles. The normalized spacial score (nSPS) is 25.0. The summed E-state index contributed by atoms with van der Waals surface area (Å²) in [5.41, 5.74) is 1.15. The molecule has 0 aromatic heterocycles. The Kier molecular flexibility index (Phi) is 5.25. The minimum atomic E-state index is -0.580. The number of aromatic hydroxyl groups is 2. The maximum absolute atomic E-state index is 12.6. The van der Waals surface area contributed by atoms with Crippen LogP contribution in [-0.2, 0) is 14.9 Å². The first-order chi connectivity index (χ1) is 14.2. The van der Waals surface area contributed by atoms with E-state index in [1.165, 1.54) is 6.08 Å². The van der Waals surface area contributed by atoms with Crippen molar-refractivity contribution in [3.05, 3.63) is 46.6 Å². The van der Waals surface area contributed by atoms with Crippen molar-refractivity contribution in [2.45, 2.75) is 70.1 Å². The average Bonchev–Trinajstić information content (AvgIpc) is 2.73. The van der Waals surface area contributed by atoms with Crippen LogP contribution in [0.5, 0.6) is 11.5 Å². The van der Waals surface area contributed by atoms with Gasteiger partial charge in [-0.2, -0.15) is 0 Å². The molecule has 3 aliphatic carbocycles. The molecule has 2 atom stereocenters. The number of esters is 1. The molecule has 0 radical (unpaired) electrons. The summed E-state index contributed by atoms with van der Waals surface area (Å²) in [4.78, 5) is 25.1. The Hall–Kier alpha value is -2.56. The molecule has 0 amide bonds. The Morgan fingerprint density at radius 1 is 1.10 bits per heavy atom. The second-order valence-corrected chi connectivity index (χ2v) is 9.44. The standard InChI is InChI=1S/C25H30O5/c1-14-9-10-16(13-30-24(29)15-7-5-4-6-8-15)19-18(14)23(28)21-20(22(19)27)17(26)11-12-25(21,2)3/h9-12,14-16,27-28H,4-8,13H2,1-3H3. The molecule has 0 aliphatic heterocycles. The maximum atomic E-state index is 12.6. The zero-order valence-electron chi connectivity index (χ0n) is 17.9. The molecule has 0 bridgehead atoms. The highest BCUT2D eigenvalue weighted by Gasteiger charge is 2.39. The highest BCUT2D eigenvalue weighted by molar-refractivity contribution is 6.10. The predicted octanol–water partition coefficient (Wildman–Crippen LogP) is 5.01. The molecule has 160 valence electrons. The van der Waals surface area contributed by atoms with E-state index >= 15 is 0 Å². The molecule has 1 saturated carbocycles. The molecule has 1 aromatic rings. The minimum absolute atomic E-state index is 0.0530. The summed E-state index contributed by atoms with van der Waals surface area (Å²) in [6.45, 7) is 5.85. The average molecular weight is 411 g/mol. The van der Waals surface area contributed by atoms with E-state index in [1.807, 2.05) is 32.9 Å². The fraction of sp³-hybridized carbons (Fsp3) is 0.520. The maximum Gasteiger partial charge on any atom is 0.308 e. The zero-order chi connectivity index (χ0) is 21.6. The zero-order valence-corrected chi connectivity index (χ0v) is 17.9. The number of hydrogen-bond donors (Lipinski definition) is 2. The van der Waals surface area contributed by atoms with Crippen molar-refractivity contribution >= 4 is 11.8 Å². The fourth-order valence-electron chi connectivity index (χ4n) is 5.18. The highest BCUT2D eigenvalue weighted by Crippen LogP contribution is 2.52. The van der Waals surface area contributed by atoms with E-state index in [9.17, 15) is 19.8 Å². The van der Waals surface area contributed by atoms with Gasteiger partial charge in [0, 0.05) is 33.9 Å². The summed E-state index contributed by atoms with van der Waals surface area (Å²) < 4.78 is 5.64. The molecule has 1 fully saturated rings. The summed E-state index contributed by atoms with van der Waals surface area (Å²) in [6.07, 6.45) is 12.1. The molecule has 30 heavy (non-hydrogen) atoms. The Labute approximate surface area is 177 Å². The number of ketones is 1. The van der Waals surface area contributed by atoms with Crippen LogP contribution in [0.2, 0.25) is 0 Å². The fourth-order valence-corrected chi connectivity index (χ4v) is 5.18. The molecular weight excluding hydrogens is 380 g/mol. The van der Waals surface area contributed by atoms with Crippen LogP contribution in [0.25, 0.3) is 0 Å². The second kappa shape index (κ2) is 7.60. The molecule has 0 saturated heterocycles. The Bertz CT molecular complexity index is 947.